The van der Waals surface area contributed by atoms with Gasteiger partial charge in [-0.25, -0.2) is 4.79 Å². The van der Waals surface area contributed by atoms with Crippen molar-refractivity contribution in [2.75, 3.05) is 5.32 Å². The molecule has 1 unspecified atom stereocenters. The molecule has 0 heterocycles. The third-order valence-corrected chi connectivity index (χ3v) is 3.34. The summed E-state index contributed by atoms with van der Waals surface area (Å²) >= 11 is 3.35. The van der Waals surface area contributed by atoms with E-state index in [2.05, 4.69) is 21.2 Å². The molecule has 19 heavy (non-hydrogen) atoms. The van der Waals surface area contributed by atoms with Crippen molar-refractivity contribution in [2.45, 2.75) is 13.0 Å². The summed E-state index contributed by atoms with van der Waals surface area (Å²) in [6.07, 6.45) is 0. The van der Waals surface area contributed by atoms with Gasteiger partial charge >= 0.3 is 5.97 Å². The lowest BCUT2D eigenvalue weighted by molar-refractivity contribution is -0.138. The average molecular weight is 320 g/mol. The smallest absolute Gasteiger partial charge is 0.330 e. The van der Waals surface area contributed by atoms with Crippen LogP contribution in [0.1, 0.15) is 17.2 Å². The number of nitrogens with one attached hydrogen (secondary N) is 1. The highest BCUT2D eigenvalue weighted by Crippen LogP contribution is 2.22. The molecule has 0 amide bonds. The Kier molecular flexibility index (Phi) is 4.22. The number of carbonyl (C=O) groups is 1. The molecule has 0 radical (unpaired) electrons. The van der Waals surface area contributed by atoms with Gasteiger partial charge in [-0.15, -0.1) is 0 Å². The highest BCUT2D eigenvalue weighted by molar-refractivity contribution is 9.10. The van der Waals surface area contributed by atoms with Crippen molar-refractivity contribution in [3.8, 4) is 0 Å². The summed E-state index contributed by atoms with van der Waals surface area (Å²) in [6.45, 7) is 1.97. The van der Waals surface area contributed by atoms with Crippen LogP contribution in [0.4, 0.5) is 5.69 Å². The topological polar surface area (TPSA) is 49.3 Å². The number of carboxylic acids is 1. The van der Waals surface area contributed by atoms with Crippen molar-refractivity contribution in [3.05, 3.63) is 64.1 Å². The fraction of sp³-hybridized carbons (Fsp3) is 0.133. The Bertz CT molecular complexity index is 564. The normalized spacial score (nSPS) is 11.9. The maximum Gasteiger partial charge on any atom is 0.330 e. The van der Waals surface area contributed by atoms with E-state index >= 15 is 0 Å². The van der Waals surface area contributed by atoms with E-state index in [1.807, 2.05) is 55.5 Å². The van der Waals surface area contributed by atoms with Crippen LogP contribution in [0.15, 0.2) is 53.0 Å². The van der Waals surface area contributed by atoms with Gasteiger partial charge in [0, 0.05) is 10.2 Å². The van der Waals surface area contributed by atoms with Gasteiger partial charge in [-0.3, -0.25) is 0 Å². The van der Waals surface area contributed by atoms with Gasteiger partial charge in [0.1, 0.15) is 0 Å². The highest BCUT2D eigenvalue weighted by Gasteiger charge is 2.19. The number of rotatable bonds is 4. The summed E-state index contributed by atoms with van der Waals surface area (Å²) in [4.78, 5) is 11.4. The highest BCUT2D eigenvalue weighted by atomic mass is 79.9. The molecule has 0 bridgehead atoms. The Hall–Kier alpha value is -1.81. The zero-order chi connectivity index (χ0) is 13.8. The molecule has 98 valence electrons. The molecule has 2 aromatic carbocycles. The largest absolute Gasteiger partial charge is 0.479 e. The standard InChI is InChI=1S/C15H14BrNO2/c1-10-2-4-11(5-3-10)14(15(18)19)17-13-8-6-12(16)7-9-13/h2-9,14,17H,1H3,(H,18,19). The van der Waals surface area contributed by atoms with E-state index in [-0.39, 0.29) is 0 Å². The quantitative estimate of drug-likeness (QED) is 0.895. The SMILES string of the molecule is Cc1ccc(C(Nc2ccc(Br)cc2)C(=O)O)cc1. The third-order valence-electron chi connectivity index (χ3n) is 2.81. The molecule has 2 N–H and O–H groups in total. The molecule has 2 rings (SSSR count). The Morgan fingerprint density at radius 3 is 2.21 bits per heavy atom. The molecule has 4 heteroatoms. The second kappa shape index (κ2) is 5.89. The minimum atomic E-state index is -0.897. The van der Waals surface area contributed by atoms with E-state index in [1.165, 1.54) is 0 Å². The summed E-state index contributed by atoms with van der Waals surface area (Å²) in [6, 6.07) is 14.2. The van der Waals surface area contributed by atoms with Gasteiger partial charge in [0.2, 0.25) is 0 Å². The predicted octanol–water partition coefficient (Wildman–Crippen LogP) is 4.00. The molecule has 1 atom stereocenters. The molecule has 0 fully saturated rings. The molecule has 2 aromatic rings. The van der Waals surface area contributed by atoms with Crippen molar-refractivity contribution in [2.24, 2.45) is 0 Å². The molecule has 0 aliphatic heterocycles. The van der Waals surface area contributed by atoms with Crippen LogP contribution in [0.5, 0.6) is 0 Å². The van der Waals surface area contributed by atoms with Gasteiger partial charge in [-0.05, 0) is 36.8 Å². The maximum atomic E-state index is 11.4. The summed E-state index contributed by atoms with van der Waals surface area (Å²) in [5.74, 6) is -0.897. The van der Waals surface area contributed by atoms with Gasteiger partial charge in [-0.2, -0.15) is 0 Å². The molecular formula is C15H14BrNO2. The summed E-state index contributed by atoms with van der Waals surface area (Å²) < 4.78 is 0.959. The van der Waals surface area contributed by atoms with Gasteiger partial charge in [0.15, 0.2) is 6.04 Å². The summed E-state index contributed by atoms with van der Waals surface area (Å²) in [7, 11) is 0. The number of hydrogen-bond donors (Lipinski definition) is 2. The van der Waals surface area contributed by atoms with Crippen molar-refractivity contribution in [3.63, 3.8) is 0 Å². The molecule has 0 aromatic heterocycles. The maximum absolute atomic E-state index is 11.4. The Labute approximate surface area is 120 Å². The zero-order valence-electron chi connectivity index (χ0n) is 10.4. The van der Waals surface area contributed by atoms with Gasteiger partial charge in [0.05, 0.1) is 0 Å². The molecule has 0 saturated carbocycles. The molecule has 0 aliphatic carbocycles. The molecule has 0 spiro atoms. The van der Waals surface area contributed by atoms with Crippen LogP contribution in [0, 0.1) is 6.92 Å². The molecular weight excluding hydrogens is 306 g/mol. The number of aryl methyl sites for hydroxylation is 1. The van der Waals surface area contributed by atoms with Crippen molar-refractivity contribution < 1.29 is 9.90 Å². The Morgan fingerprint density at radius 1 is 1.11 bits per heavy atom. The predicted molar refractivity (Wildman–Crippen MR) is 79.3 cm³/mol. The summed E-state index contributed by atoms with van der Waals surface area (Å²) in [5.41, 5.74) is 2.62. The first kappa shape index (κ1) is 13.6. The fourth-order valence-electron chi connectivity index (χ4n) is 1.76. The zero-order valence-corrected chi connectivity index (χ0v) is 12.0. The number of benzene rings is 2. The second-order valence-corrected chi connectivity index (χ2v) is 5.25. The molecule has 0 aliphatic rings. The van der Waals surface area contributed by atoms with Crippen molar-refractivity contribution in [1.29, 1.82) is 0 Å². The minimum absolute atomic E-state index is 0.737. The third kappa shape index (κ3) is 3.58. The minimum Gasteiger partial charge on any atom is -0.479 e. The second-order valence-electron chi connectivity index (χ2n) is 4.33. The fourth-order valence-corrected chi connectivity index (χ4v) is 2.02. The van der Waals surface area contributed by atoms with Gasteiger partial charge in [-0.1, -0.05) is 45.8 Å². The first-order valence-electron chi connectivity index (χ1n) is 5.88. The lowest BCUT2D eigenvalue weighted by Gasteiger charge is -2.16. The van der Waals surface area contributed by atoms with Crippen molar-refractivity contribution >= 4 is 27.6 Å². The van der Waals surface area contributed by atoms with Gasteiger partial charge < -0.3 is 10.4 Å². The van der Waals surface area contributed by atoms with E-state index in [9.17, 15) is 9.90 Å². The monoisotopic (exact) mass is 319 g/mol. The van der Waals surface area contributed by atoms with E-state index in [1.54, 1.807) is 0 Å². The van der Waals surface area contributed by atoms with Crippen LogP contribution >= 0.6 is 15.9 Å². The number of hydrogen-bond acceptors (Lipinski definition) is 2. The van der Waals surface area contributed by atoms with Gasteiger partial charge in [0.25, 0.3) is 0 Å². The van der Waals surface area contributed by atoms with Crippen LogP contribution in [0.2, 0.25) is 0 Å². The first-order chi connectivity index (χ1) is 9.06. The number of anilines is 1. The average Bonchev–Trinajstić information content (AvgIpc) is 2.39. The van der Waals surface area contributed by atoms with Crippen LogP contribution < -0.4 is 5.32 Å². The van der Waals surface area contributed by atoms with Crippen molar-refractivity contribution in [1.82, 2.24) is 0 Å². The van der Waals surface area contributed by atoms with E-state index in [0.717, 1.165) is 21.3 Å². The molecule has 3 nitrogen and oxygen atoms in total. The van der Waals surface area contributed by atoms with Crippen LogP contribution in [-0.4, -0.2) is 11.1 Å². The first-order valence-corrected chi connectivity index (χ1v) is 6.67. The van der Waals surface area contributed by atoms with E-state index in [4.69, 9.17) is 0 Å². The van der Waals surface area contributed by atoms with E-state index < -0.39 is 12.0 Å². The van der Waals surface area contributed by atoms with Crippen LogP contribution in [0.3, 0.4) is 0 Å². The van der Waals surface area contributed by atoms with Crippen LogP contribution in [-0.2, 0) is 4.79 Å². The Morgan fingerprint density at radius 2 is 1.68 bits per heavy atom. The Balaban J connectivity index is 2.23. The number of carboxylic acid groups (broad SMARTS) is 1. The lowest BCUT2D eigenvalue weighted by Crippen LogP contribution is -2.20. The van der Waals surface area contributed by atoms with E-state index in [0.29, 0.717) is 0 Å². The number of aliphatic carboxylic acids is 1. The summed E-state index contributed by atoms with van der Waals surface area (Å²) in [5, 5.41) is 12.4. The van der Waals surface area contributed by atoms with Crippen LogP contribution in [0.25, 0.3) is 0 Å². The molecule has 0 saturated heterocycles. The lowest BCUT2D eigenvalue weighted by atomic mass is 10.0. The number of halogens is 1.